The van der Waals surface area contributed by atoms with E-state index in [-0.39, 0.29) is 0 Å². The second-order valence-corrected chi connectivity index (χ2v) is 6.79. The SMILES string of the molecule is CCCCCCCCCCCCc1cccc(CCl)c1CCl. The van der Waals surface area contributed by atoms with Crippen LogP contribution in [0.2, 0.25) is 0 Å². The van der Waals surface area contributed by atoms with Gasteiger partial charge < -0.3 is 0 Å². The number of hydrogen-bond acceptors (Lipinski definition) is 0. The number of unbranched alkanes of at least 4 members (excludes halogenated alkanes) is 9. The van der Waals surface area contributed by atoms with Crippen LogP contribution in [0.4, 0.5) is 0 Å². The fourth-order valence-electron chi connectivity index (χ4n) is 3.02. The number of aryl methyl sites for hydroxylation is 1. The molecule has 0 N–H and O–H groups in total. The Balaban J connectivity index is 2.12. The summed E-state index contributed by atoms with van der Waals surface area (Å²) in [5.41, 5.74) is 3.85. The molecule has 0 aromatic heterocycles. The molecule has 126 valence electrons. The zero-order valence-electron chi connectivity index (χ0n) is 14.2. The van der Waals surface area contributed by atoms with Crippen LogP contribution in [0.1, 0.15) is 87.8 Å². The highest BCUT2D eigenvalue weighted by Crippen LogP contribution is 2.21. The Labute approximate surface area is 147 Å². The van der Waals surface area contributed by atoms with Gasteiger partial charge in [-0.15, -0.1) is 23.2 Å². The summed E-state index contributed by atoms with van der Waals surface area (Å²) in [6.07, 6.45) is 15.0. The minimum absolute atomic E-state index is 0.563. The van der Waals surface area contributed by atoms with Gasteiger partial charge in [-0.3, -0.25) is 0 Å². The number of hydrogen-bond donors (Lipinski definition) is 0. The summed E-state index contributed by atoms with van der Waals surface area (Å²) in [7, 11) is 0. The van der Waals surface area contributed by atoms with Gasteiger partial charge in [-0.25, -0.2) is 0 Å². The molecule has 1 aromatic carbocycles. The van der Waals surface area contributed by atoms with Crippen molar-refractivity contribution in [2.45, 2.75) is 89.3 Å². The minimum Gasteiger partial charge on any atom is -0.122 e. The monoisotopic (exact) mass is 342 g/mol. The van der Waals surface area contributed by atoms with Crippen molar-refractivity contribution in [1.29, 1.82) is 0 Å². The van der Waals surface area contributed by atoms with Crippen LogP contribution in [0.5, 0.6) is 0 Å². The van der Waals surface area contributed by atoms with Crippen LogP contribution in [0, 0.1) is 0 Å². The normalized spacial score (nSPS) is 11.0. The van der Waals surface area contributed by atoms with Gasteiger partial charge in [0.1, 0.15) is 0 Å². The molecule has 0 spiro atoms. The fraction of sp³-hybridized carbons (Fsp3) is 0.700. The summed E-state index contributed by atoms with van der Waals surface area (Å²) in [5, 5.41) is 0. The molecule has 0 heterocycles. The quantitative estimate of drug-likeness (QED) is 0.255. The Hall–Kier alpha value is -0.200. The molecular formula is C20H32Cl2. The van der Waals surface area contributed by atoms with Crippen LogP contribution in [0.3, 0.4) is 0 Å². The van der Waals surface area contributed by atoms with Crippen molar-refractivity contribution in [2.75, 3.05) is 0 Å². The summed E-state index contributed by atoms with van der Waals surface area (Å²) >= 11 is 12.1. The second-order valence-electron chi connectivity index (χ2n) is 6.25. The van der Waals surface area contributed by atoms with Crippen molar-refractivity contribution in [3.8, 4) is 0 Å². The summed E-state index contributed by atoms with van der Waals surface area (Å²) in [5.74, 6) is 1.14. The van der Waals surface area contributed by atoms with E-state index in [4.69, 9.17) is 23.2 Å². The molecule has 0 aliphatic heterocycles. The van der Waals surface area contributed by atoms with Crippen LogP contribution in [-0.2, 0) is 18.2 Å². The largest absolute Gasteiger partial charge is 0.122 e. The molecule has 0 saturated carbocycles. The van der Waals surface area contributed by atoms with E-state index < -0.39 is 0 Å². The maximum atomic E-state index is 6.09. The van der Waals surface area contributed by atoms with Gasteiger partial charge in [0.25, 0.3) is 0 Å². The average Bonchev–Trinajstić information content (AvgIpc) is 2.56. The van der Waals surface area contributed by atoms with Gasteiger partial charge in [-0.2, -0.15) is 0 Å². The topological polar surface area (TPSA) is 0 Å². The van der Waals surface area contributed by atoms with Gasteiger partial charge >= 0.3 is 0 Å². The fourth-order valence-corrected chi connectivity index (χ4v) is 3.62. The maximum absolute atomic E-state index is 6.09. The molecule has 0 bridgehead atoms. The highest BCUT2D eigenvalue weighted by molar-refractivity contribution is 6.18. The van der Waals surface area contributed by atoms with E-state index in [9.17, 15) is 0 Å². The molecule has 0 saturated heterocycles. The first-order valence-electron chi connectivity index (χ1n) is 9.05. The first-order chi connectivity index (χ1) is 10.8. The Kier molecular flexibility index (Phi) is 12.0. The lowest BCUT2D eigenvalue weighted by Crippen LogP contribution is -1.97. The highest BCUT2D eigenvalue weighted by Gasteiger charge is 2.06. The van der Waals surface area contributed by atoms with Crippen molar-refractivity contribution in [3.05, 3.63) is 34.9 Å². The van der Waals surface area contributed by atoms with Gasteiger partial charge in [0, 0.05) is 11.8 Å². The van der Waals surface area contributed by atoms with E-state index in [0.29, 0.717) is 11.8 Å². The molecule has 0 aliphatic carbocycles. The molecule has 0 fully saturated rings. The van der Waals surface area contributed by atoms with Gasteiger partial charge in [-0.1, -0.05) is 82.9 Å². The zero-order valence-corrected chi connectivity index (χ0v) is 15.7. The second kappa shape index (κ2) is 13.3. The number of benzene rings is 1. The summed E-state index contributed by atoms with van der Waals surface area (Å²) in [6, 6.07) is 6.41. The van der Waals surface area contributed by atoms with Gasteiger partial charge in [0.2, 0.25) is 0 Å². The van der Waals surface area contributed by atoms with E-state index in [0.717, 1.165) is 6.42 Å². The number of halogens is 2. The maximum Gasteiger partial charge on any atom is 0.0479 e. The molecule has 1 rings (SSSR count). The van der Waals surface area contributed by atoms with Crippen molar-refractivity contribution in [3.63, 3.8) is 0 Å². The molecule has 1 aromatic rings. The van der Waals surface area contributed by atoms with Gasteiger partial charge in [0.05, 0.1) is 0 Å². The van der Waals surface area contributed by atoms with Crippen LogP contribution < -0.4 is 0 Å². The predicted molar refractivity (Wildman–Crippen MR) is 101 cm³/mol. The molecule has 22 heavy (non-hydrogen) atoms. The third-order valence-electron chi connectivity index (χ3n) is 4.45. The highest BCUT2D eigenvalue weighted by atomic mass is 35.5. The summed E-state index contributed by atoms with van der Waals surface area (Å²) in [4.78, 5) is 0. The summed E-state index contributed by atoms with van der Waals surface area (Å²) < 4.78 is 0. The number of rotatable bonds is 13. The van der Waals surface area contributed by atoms with E-state index in [2.05, 4.69) is 25.1 Å². The number of alkyl halides is 2. The molecular weight excluding hydrogens is 311 g/mol. The Bertz CT molecular complexity index is 387. The molecule has 2 heteroatoms. The Morgan fingerprint density at radius 2 is 1.23 bits per heavy atom. The standard InChI is InChI=1S/C20H32Cl2/c1-2-3-4-5-6-7-8-9-10-11-13-18-14-12-15-19(16-21)20(18)17-22/h12,14-15H,2-11,13,16-17H2,1H3. The zero-order chi connectivity index (χ0) is 16.0. The average molecular weight is 343 g/mol. The third kappa shape index (κ3) is 7.88. The molecule has 0 amide bonds. The molecule has 0 nitrogen and oxygen atoms in total. The lowest BCUT2D eigenvalue weighted by atomic mass is 9.98. The van der Waals surface area contributed by atoms with Crippen LogP contribution in [0.25, 0.3) is 0 Å². The first kappa shape index (κ1) is 19.8. The van der Waals surface area contributed by atoms with Crippen molar-refractivity contribution >= 4 is 23.2 Å². The van der Waals surface area contributed by atoms with Crippen LogP contribution in [0.15, 0.2) is 18.2 Å². The van der Waals surface area contributed by atoms with E-state index >= 15 is 0 Å². The minimum atomic E-state index is 0.563. The molecule has 0 aliphatic rings. The van der Waals surface area contributed by atoms with E-state index in [1.54, 1.807) is 0 Å². The van der Waals surface area contributed by atoms with E-state index in [1.165, 1.54) is 80.9 Å². The van der Waals surface area contributed by atoms with Crippen molar-refractivity contribution < 1.29 is 0 Å². The third-order valence-corrected chi connectivity index (χ3v) is 5.00. The lowest BCUT2D eigenvalue weighted by molar-refractivity contribution is 0.556. The lowest BCUT2D eigenvalue weighted by Gasteiger charge is -2.11. The van der Waals surface area contributed by atoms with Gasteiger partial charge in [0.15, 0.2) is 0 Å². The smallest absolute Gasteiger partial charge is 0.0479 e. The molecule has 0 atom stereocenters. The Morgan fingerprint density at radius 1 is 0.682 bits per heavy atom. The first-order valence-corrected chi connectivity index (χ1v) is 10.1. The van der Waals surface area contributed by atoms with Crippen molar-refractivity contribution in [2.24, 2.45) is 0 Å². The van der Waals surface area contributed by atoms with Gasteiger partial charge in [-0.05, 0) is 29.5 Å². The Morgan fingerprint density at radius 3 is 1.77 bits per heavy atom. The molecule has 0 radical (unpaired) electrons. The summed E-state index contributed by atoms with van der Waals surface area (Å²) in [6.45, 7) is 2.28. The van der Waals surface area contributed by atoms with Crippen LogP contribution >= 0.6 is 23.2 Å². The molecule has 0 unspecified atom stereocenters. The van der Waals surface area contributed by atoms with Crippen LogP contribution in [-0.4, -0.2) is 0 Å². The van der Waals surface area contributed by atoms with Crippen molar-refractivity contribution in [1.82, 2.24) is 0 Å². The predicted octanol–water partition coefficient (Wildman–Crippen LogP) is 7.63. The van der Waals surface area contributed by atoms with E-state index in [1.807, 2.05) is 0 Å².